The van der Waals surface area contributed by atoms with E-state index in [0.717, 1.165) is 57.4 Å². The Morgan fingerprint density at radius 1 is 1.06 bits per heavy atom. The van der Waals surface area contributed by atoms with Crippen LogP contribution in [0.3, 0.4) is 0 Å². The van der Waals surface area contributed by atoms with Crippen LogP contribution in [-0.2, 0) is 6.42 Å². The molecule has 2 aromatic rings. The maximum absolute atomic E-state index is 13.8. The molecule has 2 aliphatic heterocycles. The maximum Gasteiger partial charge on any atom is 0.257 e. The quantitative estimate of drug-likeness (QED) is 0.613. The number of methoxy groups -OCH3 is 3. The fraction of sp³-hybridized carbons (Fsp3) is 0.500. The smallest absolute Gasteiger partial charge is 0.257 e. The van der Waals surface area contributed by atoms with Crippen molar-refractivity contribution in [3.05, 3.63) is 41.5 Å². The lowest BCUT2D eigenvalue weighted by Crippen LogP contribution is -2.47. The molecule has 1 amide bonds. The molecular formula is C26H35N3O5. The van der Waals surface area contributed by atoms with Crippen molar-refractivity contribution >= 4 is 5.91 Å². The fourth-order valence-electron chi connectivity index (χ4n) is 5.13. The molecule has 1 spiro atoms. The number of carbonyl (C=O) groups is 1. The Bertz CT molecular complexity index is 1000. The van der Waals surface area contributed by atoms with E-state index in [4.69, 9.17) is 24.7 Å². The number of rotatable bonds is 8. The van der Waals surface area contributed by atoms with Gasteiger partial charge in [0.15, 0.2) is 11.5 Å². The van der Waals surface area contributed by atoms with Crippen molar-refractivity contribution in [3.63, 3.8) is 0 Å². The average Bonchev–Trinajstić information content (AvgIpc) is 3.31. The number of nitrogens with two attached hydrogens (primary N) is 1. The topological polar surface area (TPSA) is 95.3 Å². The van der Waals surface area contributed by atoms with Gasteiger partial charge in [0.05, 0.1) is 26.9 Å². The van der Waals surface area contributed by atoms with Crippen molar-refractivity contribution in [2.45, 2.75) is 25.7 Å². The largest absolute Gasteiger partial charge is 0.492 e. The van der Waals surface area contributed by atoms with Crippen LogP contribution in [0.2, 0.25) is 0 Å². The standard InChI is InChI=1S/C26H35N3O5/c1-31-22-20(25(30)29-14-4-10-26(17-29)11-13-28-16-26)15-21(23(32-2)24(22)33-3)34-19-7-5-18(6-8-19)9-12-27/h5-8,15,28H,4,9-14,16-17,27H2,1-3H3. The lowest BCUT2D eigenvalue weighted by molar-refractivity contribution is 0.0549. The van der Waals surface area contributed by atoms with Crippen molar-refractivity contribution in [3.8, 4) is 28.7 Å². The highest BCUT2D eigenvalue weighted by Gasteiger charge is 2.40. The second-order valence-corrected chi connectivity index (χ2v) is 9.06. The third-order valence-corrected chi connectivity index (χ3v) is 6.86. The first kappa shape index (κ1) is 24.2. The number of ether oxygens (including phenoxy) is 4. The summed E-state index contributed by atoms with van der Waals surface area (Å²) >= 11 is 0. The molecule has 1 unspecified atom stereocenters. The molecule has 2 aliphatic rings. The van der Waals surface area contributed by atoms with Crippen LogP contribution in [0.4, 0.5) is 0 Å². The number of nitrogens with zero attached hydrogens (tertiary/aromatic N) is 1. The van der Waals surface area contributed by atoms with Gasteiger partial charge >= 0.3 is 0 Å². The Labute approximate surface area is 201 Å². The number of hydrogen-bond acceptors (Lipinski definition) is 7. The predicted molar refractivity (Wildman–Crippen MR) is 130 cm³/mol. The number of amides is 1. The van der Waals surface area contributed by atoms with E-state index in [9.17, 15) is 4.79 Å². The molecule has 34 heavy (non-hydrogen) atoms. The molecule has 0 aromatic heterocycles. The van der Waals surface area contributed by atoms with E-state index in [-0.39, 0.29) is 11.3 Å². The number of benzene rings is 2. The van der Waals surface area contributed by atoms with E-state index < -0.39 is 0 Å². The molecule has 2 aromatic carbocycles. The lowest BCUT2D eigenvalue weighted by Gasteiger charge is -2.40. The Morgan fingerprint density at radius 2 is 1.79 bits per heavy atom. The summed E-state index contributed by atoms with van der Waals surface area (Å²) in [5.41, 5.74) is 7.34. The van der Waals surface area contributed by atoms with Crippen LogP contribution in [0.5, 0.6) is 28.7 Å². The second kappa shape index (κ2) is 10.5. The molecule has 2 saturated heterocycles. The van der Waals surface area contributed by atoms with Crippen molar-refractivity contribution in [2.24, 2.45) is 11.1 Å². The number of piperidine rings is 1. The van der Waals surface area contributed by atoms with E-state index in [1.54, 1.807) is 6.07 Å². The molecule has 3 N–H and O–H groups in total. The summed E-state index contributed by atoms with van der Waals surface area (Å²) in [6, 6.07) is 9.41. The molecule has 0 aliphatic carbocycles. The van der Waals surface area contributed by atoms with E-state index in [1.807, 2.05) is 29.2 Å². The zero-order valence-corrected chi connectivity index (χ0v) is 20.3. The molecular weight excluding hydrogens is 434 g/mol. The van der Waals surface area contributed by atoms with Gasteiger partial charge in [-0.15, -0.1) is 0 Å². The Kier molecular flexibility index (Phi) is 7.48. The molecule has 8 heteroatoms. The summed E-state index contributed by atoms with van der Waals surface area (Å²) in [4.78, 5) is 15.7. The van der Waals surface area contributed by atoms with E-state index in [1.165, 1.54) is 21.3 Å². The zero-order chi connectivity index (χ0) is 24.1. The van der Waals surface area contributed by atoms with E-state index >= 15 is 0 Å². The number of carbonyl (C=O) groups excluding carboxylic acids is 1. The minimum Gasteiger partial charge on any atom is -0.492 e. The minimum atomic E-state index is -0.0908. The van der Waals surface area contributed by atoms with Crippen molar-refractivity contribution < 1.29 is 23.7 Å². The maximum atomic E-state index is 13.8. The molecule has 8 nitrogen and oxygen atoms in total. The highest BCUT2D eigenvalue weighted by Crippen LogP contribution is 2.48. The summed E-state index contributed by atoms with van der Waals surface area (Å²) in [5, 5.41) is 3.46. The van der Waals surface area contributed by atoms with Gasteiger partial charge in [0.25, 0.3) is 5.91 Å². The van der Waals surface area contributed by atoms with Crippen molar-refractivity contribution in [1.82, 2.24) is 10.2 Å². The summed E-state index contributed by atoms with van der Waals surface area (Å²) in [6.07, 6.45) is 4.02. The highest BCUT2D eigenvalue weighted by molar-refractivity contribution is 5.99. The predicted octanol–water partition coefficient (Wildman–Crippen LogP) is 3.22. The van der Waals surface area contributed by atoms with Crippen molar-refractivity contribution in [2.75, 3.05) is 54.1 Å². The first-order valence-electron chi connectivity index (χ1n) is 11.8. The number of nitrogens with one attached hydrogen (secondary N) is 1. The first-order chi connectivity index (χ1) is 16.5. The van der Waals surface area contributed by atoms with Gasteiger partial charge in [0, 0.05) is 31.1 Å². The van der Waals surface area contributed by atoms with Gasteiger partial charge < -0.3 is 34.9 Å². The SMILES string of the molecule is COc1c(Oc2ccc(CCN)cc2)cc(C(=O)N2CCCC3(CCNC3)C2)c(OC)c1OC. The van der Waals surface area contributed by atoms with E-state index in [2.05, 4.69) is 5.32 Å². The monoisotopic (exact) mass is 469 g/mol. The van der Waals surface area contributed by atoms with Gasteiger partial charge in [-0.05, 0) is 56.5 Å². The van der Waals surface area contributed by atoms with Crippen LogP contribution in [-0.4, -0.2) is 64.9 Å². The Morgan fingerprint density at radius 3 is 2.41 bits per heavy atom. The minimum absolute atomic E-state index is 0.0908. The molecule has 0 saturated carbocycles. The van der Waals surface area contributed by atoms with Crippen LogP contribution >= 0.6 is 0 Å². The Balaban J connectivity index is 1.69. The van der Waals surface area contributed by atoms with Crippen LogP contribution < -0.4 is 30.0 Å². The van der Waals surface area contributed by atoms with Gasteiger partial charge in [0.1, 0.15) is 5.75 Å². The zero-order valence-electron chi connectivity index (χ0n) is 20.3. The fourth-order valence-corrected chi connectivity index (χ4v) is 5.13. The van der Waals surface area contributed by atoms with Gasteiger partial charge in [0.2, 0.25) is 11.5 Å². The summed E-state index contributed by atoms with van der Waals surface area (Å²) in [7, 11) is 4.60. The van der Waals surface area contributed by atoms with Gasteiger partial charge in [-0.3, -0.25) is 4.79 Å². The Hall–Kier alpha value is -2.97. The van der Waals surface area contributed by atoms with Gasteiger partial charge in [-0.25, -0.2) is 0 Å². The molecule has 4 rings (SSSR count). The summed E-state index contributed by atoms with van der Waals surface area (Å²) in [6.45, 7) is 3.99. The van der Waals surface area contributed by atoms with E-state index in [0.29, 0.717) is 40.9 Å². The second-order valence-electron chi connectivity index (χ2n) is 9.06. The van der Waals surface area contributed by atoms with Gasteiger partial charge in [-0.2, -0.15) is 0 Å². The van der Waals surface area contributed by atoms with Crippen LogP contribution in [0, 0.1) is 5.41 Å². The summed E-state index contributed by atoms with van der Waals surface area (Å²) in [5.74, 6) is 1.98. The molecule has 0 radical (unpaired) electrons. The van der Waals surface area contributed by atoms with Crippen LogP contribution in [0.1, 0.15) is 35.2 Å². The number of likely N-dealkylation sites (tertiary alicyclic amines) is 1. The van der Waals surface area contributed by atoms with Crippen LogP contribution in [0.15, 0.2) is 30.3 Å². The number of hydrogen-bond donors (Lipinski definition) is 2. The van der Waals surface area contributed by atoms with Crippen molar-refractivity contribution in [1.29, 1.82) is 0 Å². The summed E-state index contributed by atoms with van der Waals surface area (Å²) < 4.78 is 23.1. The normalized spacial score (nSPS) is 19.8. The highest BCUT2D eigenvalue weighted by atomic mass is 16.5. The van der Waals surface area contributed by atoms with Crippen LogP contribution in [0.25, 0.3) is 0 Å². The van der Waals surface area contributed by atoms with Gasteiger partial charge in [-0.1, -0.05) is 12.1 Å². The molecule has 2 heterocycles. The average molecular weight is 470 g/mol. The molecule has 184 valence electrons. The third-order valence-electron chi connectivity index (χ3n) is 6.86. The molecule has 0 bridgehead atoms. The third kappa shape index (κ3) is 4.79. The molecule has 2 fully saturated rings. The first-order valence-corrected chi connectivity index (χ1v) is 11.8. The lowest BCUT2D eigenvalue weighted by atomic mass is 9.79. The molecule has 1 atom stereocenters.